The maximum atomic E-state index is 6.41. The zero-order chi connectivity index (χ0) is 14.7. The Bertz CT molecular complexity index is 673. The molecule has 3 aromatic rings. The summed E-state index contributed by atoms with van der Waals surface area (Å²) in [7, 11) is 0. The molecule has 0 spiro atoms. The van der Waals surface area contributed by atoms with Crippen LogP contribution in [0.1, 0.15) is 35.1 Å². The average molecular weight is 297 g/mol. The molecule has 0 aliphatic heterocycles. The van der Waals surface area contributed by atoms with Gasteiger partial charge in [-0.15, -0.1) is 11.3 Å². The molecule has 0 saturated carbocycles. The Morgan fingerprint density at radius 2 is 2.00 bits per heavy atom. The van der Waals surface area contributed by atoms with Crippen molar-refractivity contribution < 1.29 is 0 Å². The number of hydrogen-bond acceptors (Lipinski definition) is 3. The summed E-state index contributed by atoms with van der Waals surface area (Å²) in [4.78, 5) is 5.69. The number of benzene rings is 1. The van der Waals surface area contributed by atoms with Crippen molar-refractivity contribution in [1.82, 2.24) is 9.55 Å². The molecule has 0 aliphatic rings. The fourth-order valence-corrected chi connectivity index (χ4v) is 3.40. The van der Waals surface area contributed by atoms with Crippen molar-refractivity contribution >= 4 is 11.3 Å². The molecule has 0 amide bonds. The smallest absolute Gasteiger partial charge is 0.0951 e. The summed E-state index contributed by atoms with van der Waals surface area (Å²) >= 11 is 1.79. The second-order valence-electron chi connectivity index (χ2n) is 5.25. The van der Waals surface area contributed by atoms with E-state index < -0.39 is 0 Å². The van der Waals surface area contributed by atoms with Gasteiger partial charge >= 0.3 is 0 Å². The number of aromatic nitrogens is 2. The van der Waals surface area contributed by atoms with Crippen LogP contribution >= 0.6 is 11.3 Å². The van der Waals surface area contributed by atoms with E-state index in [1.165, 1.54) is 4.88 Å². The van der Waals surface area contributed by atoms with Crippen molar-refractivity contribution in [2.75, 3.05) is 0 Å². The van der Waals surface area contributed by atoms with E-state index in [0.717, 1.165) is 17.7 Å². The van der Waals surface area contributed by atoms with Crippen LogP contribution in [-0.2, 0) is 6.42 Å². The van der Waals surface area contributed by atoms with Crippen LogP contribution < -0.4 is 5.73 Å². The molecule has 4 heteroatoms. The standard InChI is InChI=1S/C17H19N3S/c1-13(10-15-8-5-9-21-15)20-12-19-11-16(20)17(18)14-6-3-2-4-7-14/h2-9,11-13,17H,10,18H2,1H3. The predicted octanol–water partition coefficient (Wildman–Crippen LogP) is 3.80. The van der Waals surface area contributed by atoms with Crippen molar-refractivity contribution in [3.05, 3.63) is 76.5 Å². The van der Waals surface area contributed by atoms with Gasteiger partial charge < -0.3 is 10.3 Å². The van der Waals surface area contributed by atoms with Crippen LogP contribution in [0.5, 0.6) is 0 Å². The van der Waals surface area contributed by atoms with Crippen molar-refractivity contribution in [2.24, 2.45) is 5.73 Å². The Morgan fingerprint density at radius 3 is 2.71 bits per heavy atom. The van der Waals surface area contributed by atoms with Crippen LogP contribution in [0.25, 0.3) is 0 Å². The van der Waals surface area contributed by atoms with Gasteiger partial charge in [0.1, 0.15) is 0 Å². The maximum Gasteiger partial charge on any atom is 0.0951 e. The monoisotopic (exact) mass is 297 g/mol. The van der Waals surface area contributed by atoms with E-state index in [2.05, 4.69) is 46.1 Å². The fourth-order valence-electron chi connectivity index (χ4n) is 2.57. The summed E-state index contributed by atoms with van der Waals surface area (Å²) in [6.45, 7) is 2.21. The molecule has 3 nitrogen and oxygen atoms in total. The second kappa shape index (κ2) is 6.24. The molecule has 2 heterocycles. The fraction of sp³-hybridized carbons (Fsp3) is 0.235. The summed E-state index contributed by atoms with van der Waals surface area (Å²) in [5, 5.41) is 2.12. The van der Waals surface area contributed by atoms with Crippen molar-refractivity contribution in [3.63, 3.8) is 0 Å². The van der Waals surface area contributed by atoms with Crippen molar-refractivity contribution in [2.45, 2.75) is 25.4 Å². The van der Waals surface area contributed by atoms with Gasteiger partial charge in [-0.05, 0) is 23.9 Å². The molecule has 0 saturated heterocycles. The summed E-state index contributed by atoms with van der Waals surface area (Å²) in [6.07, 6.45) is 4.77. The van der Waals surface area contributed by atoms with E-state index in [4.69, 9.17) is 5.73 Å². The van der Waals surface area contributed by atoms with Gasteiger partial charge in [-0.25, -0.2) is 4.98 Å². The molecule has 3 rings (SSSR count). The van der Waals surface area contributed by atoms with Crippen LogP contribution in [0.2, 0.25) is 0 Å². The van der Waals surface area contributed by atoms with E-state index in [1.807, 2.05) is 30.7 Å². The summed E-state index contributed by atoms with van der Waals surface area (Å²) in [6, 6.07) is 14.6. The molecule has 2 N–H and O–H groups in total. The van der Waals surface area contributed by atoms with Crippen molar-refractivity contribution in [3.8, 4) is 0 Å². The zero-order valence-corrected chi connectivity index (χ0v) is 12.8. The summed E-state index contributed by atoms with van der Waals surface area (Å²) in [5.41, 5.74) is 8.59. The lowest BCUT2D eigenvalue weighted by molar-refractivity contribution is 0.518. The van der Waals surface area contributed by atoms with Crippen molar-refractivity contribution in [1.29, 1.82) is 0 Å². The highest BCUT2D eigenvalue weighted by Crippen LogP contribution is 2.24. The number of nitrogens with two attached hydrogens (primary N) is 1. The van der Waals surface area contributed by atoms with E-state index in [1.54, 1.807) is 11.3 Å². The van der Waals surface area contributed by atoms with E-state index >= 15 is 0 Å². The minimum atomic E-state index is -0.139. The Labute approximate surface area is 129 Å². The maximum absolute atomic E-state index is 6.41. The number of rotatable bonds is 5. The quantitative estimate of drug-likeness (QED) is 0.778. The molecule has 2 unspecified atom stereocenters. The third-order valence-corrected chi connectivity index (χ3v) is 4.62. The Morgan fingerprint density at radius 1 is 1.19 bits per heavy atom. The average Bonchev–Trinajstić information content (AvgIpc) is 3.18. The first-order valence-corrected chi connectivity index (χ1v) is 7.98. The van der Waals surface area contributed by atoms with Gasteiger partial charge in [0.15, 0.2) is 0 Å². The molecule has 2 atom stereocenters. The van der Waals surface area contributed by atoms with Gasteiger partial charge in [-0.2, -0.15) is 0 Å². The van der Waals surface area contributed by atoms with E-state index in [-0.39, 0.29) is 6.04 Å². The normalized spacial score (nSPS) is 14.0. The SMILES string of the molecule is CC(Cc1cccs1)n1cncc1C(N)c1ccccc1. The molecule has 0 aliphatic carbocycles. The first kappa shape index (κ1) is 14.0. The van der Waals surface area contributed by atoms with Gasteiger partial charge in [0, 0.05) is 17.3 Å². The van der Waals surface area contributed by atoms with Crippen LogP contribution in [0, 0.1) is 0 Å². The highest BCUT2D eigenvalue weighted by atomic mass is 32.1. The van der Waals surface area contributed by atoms with Gasteiger partial charge in [-0.1, -0.05) is 36.4 Å². The minimum absolute atomic E-state index is 0.139. The third-order valence-electron chi connectivity index (χ3n) is 3.72. The lowest BCUT2D eigenvalue weighted by atomic mass is 10.0. The molecule has 0 radical (unpaired) electrons. The van der Waals surface area contributed by atoms with E-state index in [0.29, 0.717) is 6.04 Å². The highest BCUT2D eigenvalue weighted by molar-refractivity contribution is 7.09. The number of hydrogen-bond donors (Lipinski definition) is 1. The predicted molar refractivity (Wildman–Crippen MR) is 87.4 cm³/mol. The number of thiophene rings is 1. The molecule has 0 bridgehead atoms. The first-order chi connectivity index (χ1) is 10.3. The topological polar surface area (TPSA) is 43.8 Å². The first-order valence-electron chi connectivity index (χ1n) is 7.10. The zero-order valence-electron chi connectivity index (χ0n) is 12.0. The molecule has 2 aromatic heterocycles. The molecule has 1 aromatic carbocycles. The van der Waals surface area contributed by atoms with Gasteiger partial charge in [0.2, 0.25) is 0 Å². The molecule has 0 fully saturated rings. The van der Waals surface area contributed by atoms with Gasteiger partial charge in [0.05, 0.1) is 24.3 Å². The van der Waals surface area contributed by atoms with Crippen LogP contribution in [-0.4, -0.2) is 9.55 Å². The van der Waals surface area contributed by atoms with Crippen LogP contribution in [0.3, 0.4) is 0 Å². The number of imidazole rings is 1. The summed E-state index contributed by atoms with van der Waals surface area (Å²) < 4.78 is 2.19. The molecular weight excluding hydrogens is 278 g/mol. The van der Waals surface area contributed by atoms with Crippen LogP contribution in [0.4, 0.5) is 0 Å². The lowest BCUT2D eigenvalue weighted by Crippen LogP contribution is -2.19. The second-order valence-corrected chi connectivity index (χ2v) is 6.28. The van der Waals surface area contributed by atoms with Gasteiger partial charge in [-0.3, -0.25) is 0 Å². The lowest BCUT2D eigenvalue weighted by Gasteiger charge is -2.20. The highest BCUT2D eigenvalue weighted by Gasteiger charge is 2.17. The number of nitrogens with zero attached hydrogens (tertiary/aromatic N) is 2. The van der Waals surface area contributed by atoms with Crippen LogP contribution in [0.15, 0.2) is 60.4 Å². The third kappa shape index (κ3) is 3.06. The minimum Gasteiger partial charge on any atom is -0.330 e. The van der Waals surface area contributed by atoms with Gasteiger partial charge in [0.25, 0.3) is 0 Å². The molecule has 108 valence electrons. The Hall–Kier alpha value is -1.91. The Balaban J connectivity index is 1.83. The largest absolute Gasteiger partial charge is 0.330 e. The Kier molecular flexibility index (Phi) is 4.18. The summed E-state index contributed by atoms with van der Waals surface area (Å²) in [5.74, 6) is 0. The molecule has 21 heavy (non-hydrogen) atoms. The van der Waals surface area contributed by atoms with E-state index in [9.17, 15) is 0 Å². The molecular formula is C17H19N3S.